The number of rotatable bonds is 5. The topological polar surface area (TPSA) is 100 Å². The Labute approximate surface area is 139 Å². The number of nitrogens with zero attached hydrogens (tertiary/aromatic N) is 2. The standard InChI is InChI=1S/C15H19ClN4O3/c1-9(18-14(21)17-8-15(2,3)22)12-19-13(23-20-12)10-4-6-11(16)7-5-10/h4-7,9,22H,8H2,1-3H3,(H2,17,18,21)/t9-/m0/s1. The lowest BCUT2D eigenvalue weighted by molar-refractivity contribution is 0.0817. The second kappa shape index (κ2) is 6.97. The van der Waals surface area contributed by atoms with Gasteiger partial charge in [0, 0.05) is 17.1 Å². The van der Waals surface area contributed by atoms with E-state index in [1.54, 1.807) is 45.0 Å². The molecule has 8 heteroatoms. The molecule has 1 heterocycles. The van der Waals surface area contributed by atoms with Crippen LogP contribution in [0.4, 0.5) is 4.79 Å². The Morgan fingerprint density at radius 2 is 2.04 bits per heavy atom. The third-order valence-corrected chi connectivity index (χ3v) is 3.20. The van der Waals surface area contributed by atoms with Crippen LogP contribution in [-0.4, -0.2) is 33.4 Å². The van der Waals surface area contributed by atoms with Crippen LogP contribution in [0.15, 0.2) is 28.8 Å². The van der Waals surface area contributed by atoms with Crippen molar-refractivity contribution in [2.75, 3.05) is 6.54 Å². The lowest BCUT2D eigenvalue weighted by Gasteiger charge is -2.18. The van der Waals surface area contributed by atoms with Crippen LogP contribution in [0.5, 0.6) is 0 Å². The predicted molar refractivity (Wildman–Crippen MR) is 86.0 cm³/mol. The van der Waals surface area contributed by atoms with Crippen LogP contribution < -0.4 is 10.6 Å². The molecule has 0 aliphatic carbocycles. The first-order valence-electron chi connectivity index (χ1n) is 7.11. The molecular formula is C15H19ClN4O3. The minimum Gasteiger partial charge on any atom is -0.389 e. The van der Waals surface area contributed by atoms with Gasteiger partial charge in [-0.2, -0.15) is 4.98 Å². The number of nitrogens with one attached hydrogen (secondary N) is 2. The number of amides is 2. The van der Waals surface area contributed by atoms with E-state index < -0.39 is 17.7 Å². The number of benzene rings is 1. The van der Waals surface area contributed by atoms with E-state index in [-0.39, 0.29) is 6.54 Å². The van der Waals surface area contributed by atoms with Gasteiger partial charge in [-0.25, -0.2) is 4.79 Å². The molecule has 2 amide bonds. The maximum absolute atomic E-state index is 11.8. The molecule has 0 aliphatic heterocycles. The van der Waals surface area contributed by atoms with Gasteiger partial charge in [-0.3, -0.25) is 0 Å². The number of aliphatic hydroxyl groups is 1. The number of urea groups is 1. The Bertz CT molecular complexity index is 664. The summed E-state index contributed by atoms with van der Waals surface area (Å²) in [5.41, 5.74) is -0.235. The summed E-state index contributed by atoms with van der Waals surface area (Å²) >= 11 is 5.83. The fraction of sp³-hybridized carbons (Fsp3) is 0.400. The lowest BCUT2D eigenvalue weighted by Crippen LogP contribution is -2.44. The van der Waals surface area contributed by atoms with Crippen molar-refractivity contribution in [2.45, 2.75) is 32.4 Å². The van der Waals surface area contributed by atoms with Crippen molar-refractivity contribution < 1.29 is 14.4 Å². The molecule has 7 nitrogen and oxygen atoms in total. The summed E-state index contributed by atoms with van der Waals surface area (Å²) in [4.78, 5) is 16.0. The first-order chi connectivity index (χ1) is 10.7. The SMILES string of the molecule is C[C@H](NC(=O)NCC(C)(C)O)c1noc(-c2ccc(Cl)cc2)n1. The smallest absolute Gasteiger partial charge is 0.315 e. The van der Waals surface area contributed by atoms with Crippen molar-refractivity contribution >= 4 is 17.6 Å². The minimum absolute atomic E-state index is 0.133. The van der Waals surface area contributed by atoms with Crippen molar-refractivity contribution in [3.8, 4) is 11.5 Å². The highest BCUT2D eigenvalue weighted by Gasteiger charge is 2.18. The molecule has 2 aromatic rings. The van der Waals surface area contributed by atoms with Crippen molar-refractivity contribution in [3.63, 3.8) is 0 Å². The van der Waals surface area contributed by atoms with E-state index in [0.717, 1.165) is 5.56 Å². The van der Waals surface area contributed by atoms with Gasteiger partial charge >= 0.3 is 6.03 Å². The van der Waals surface area contributed by atoms with Crippen molar-refractivity contribution in [3.05, 3.63) is 35.1 Å². The summed E-state index contributed by atoms with van der Waals surface area (Å²) in [5.74, 6) is 0.704. The molecule has 0 fully saturated rings. The molecule has 0 radical (unpaired) electrons. The molecule has 1 aromatic heterocycles. The van der Waals surface area contributed by atoms with E-state index in [0.29, 0.717) is 16.7 Å². The monoisotopic (exact) mass is 338 g/mol. The van der Waals surface area contributed by atoms with E-state index in [2.05, 4.69) is 20.8 Å². The van der Waals surface area contributed by atoms with E-state index in [4.69, 9.17) is 16.1 Å². The molecule has 0 saturated heterocycles. The van der Waals surface area contributed by atoms with Gasteiger partial charge in [0.15, 0.2) is 5.82 Å². The number of aromatic nitrogens is 2. The first-order valence-corrected chi connectivity index (χ1v) is 7.49. The predicted octanol–water partition coefficient (Wildman–Crippen LogP) is 2.52. The second-order valence-corrected chi connectivity index (χ2v) is 6.26. The minimum atomic E-state index is -0.978. The zero-order chi connectivity index (χ0) is 17.0. The molecule has 0 saturated carbocycles. The molecule has 2 rings (SSSR count). The molecular weight excluding hydrogens is 320 g/mol. The van der Waals surface area contributed by atoms with Crippen LogP contribution in [0.1, 0.15) is 32.6 Å². The summed E-state index contributed by atoms with van der Waals surface area (Å²) in [6, 6.07) is 6.14. The van der Waals surface area contributed by atoms with E-state index in [1.807, 2.05) is 0 Å². The van der Waals surface area contributed by atoms with Gasteiger partial charge < -0.3 is 20.3 Å². The average Bonchev–Trinajstić information content (AvgIpc) is 2.95. The van der Waals surface area contributed by atoms with Crippen molar-refractivity contribution in [1.29, 1.82) is 0 Å². The van der Waals surface area contributed by atoms with Gasteiger partial charge in [0.05, 0.1) is 11.6 Å². The number of hydrogen-bond donors (Lipinski definition) is 3. The molecule has 1 atom stereocenters. The van der Waals surface area contributed by atoms with Crippen molar-refractivity contribution in [1.82, 2.24) is 20.8 Å². The quantitative estimate of drug-likeness (QED) is 0.777. The Morgan fingerprint density at radius 3 is 2.65 bits per heavy atom. The Kier molecular flexibility index (Phi) is 5.23. The zero-order valence-electron chi connectivity index (χ0n) is 13.1. The summed E-state index contributed by atoms with van der Waals surface area (Å²) in [7, 11) is 0. The number of carbonyl (C=O) groups is 1. The van der Waals surface area contributed by atoms with Crippen LogP contribution in [0.2, 0.25) is 5.02 Å². The van der Waals surface area contributed by atoms with Gasteiger partial charge in [-0.05, 0) is 45.0 Å². The molecule has 124 valence electrons. The normalized spacial score (nSPS) is 12.7. The zero-order valence-corrected chi connectivity index (χ0v) is 13.9. The van der Waals surface area contributed by atoms with E-state index in [1.165, 1.54) is 0 Å². The summed E-state index contributed by atoms with van der Waals surface area (Å²) in [6.07, 6.45) is 0. The maximum atomic E-state index is 11.8. The highest BCUT2D eigenvalue weighted by Crippen LogP contribution is 2.21. The molecule has 0 aliphatic rings. The Hall–Kier alpha value is -2.12. The second-order valence-electron chi connectivity index (χ2n) is 5.83. The van der Waals surface area contributed by atoms with Crippen LogP contribution >= 0.6 is 11.6 Å². The number of halogens is 1. The highest BCUT2D eigenvalue weighted by molar-refractivity contribution is 6.30. The number of carbonyl (C=O) groups excluding carboxylic acids is 1. The maximum Gasteiger partial charge on any atom is 0.315 e. The van der Waals surface area contributed by atoms with Gasteiger partial charge in [0.25, 0.3) is 5.89 Å². The van der Waals surface area contributed by atoms with Crippen LogP contribution in [0, 0.1) is 0 Å². The molecule has 0 bridgehead atoms. The molecule has 0 unspecified atom stereocenters. The van der Waals surface area contributed by atoms with Crippen LogP contribution in [0.3, 0.4) is 0 Å². The van der Waals surface area contributed by atoms with Crippen molar-refractivity contribution in [2.24, 2.45) is 0 Å². The average molecular weight is 339 g/mol. The largest absolute Gasteiger partial charge is 0.389 e. The first kappa shape index (κ1) is 17.2. The molecule has 23 heavy (non-hydrogen) atoms. The molecule has 1 aromatic carbocycles. The van der Waals surface area contributed by atoms with Gasteiger partial charge in [0.1, 0.15) is 0 Å². The van der Waals surface area contributed by atoms with E-state index in [9.17, 15) is 9.90 Å². The third-order valence-electron chi connectivity index (χ3n) is 2.95. The summed E-state index contributed by atoms with van der Waals surface area (Å²) in [6.45, 7) is 5.08. The number of hydrogen-bond acceptors (Lipinski definition) is 5. The summed E-state index contributed by atoms with van der Waals surface area (Å²) in [5, 5.41) is 19.3. The fourth-order valence-electron chi connectivity index (χ4n) is 1.73. The van der Waals surface area contributed by atoms with Gasteiger partial charge in [-0.1, -0.05) is 16.8 Å². The fourth-order valence-corrected chi connectivity index (χ4v) is 1.86. The van der Waals surface area contributed by atoms with Crippen LogP contribution in [0.25, 0.3) is 11.5 Å². The molecule has 0 spiro atoms. The highest BCUT2D eigenvalue weighted by atomic mass is 35.5. The third kappa shape index (κ3) is 5.22. The van der Waals surface area contributed by atoms with Gasteiger partial charge in [-0.15, -0.1) is 0 Å². The lowest BCUT2D eigenvalue weighted by atomic mass is 10.1. The molecule has 3 N–H and O–H groups in total. The van der Waals surface area contributed by atoms with E-state index >= 15 is 0 Å². The summed E-state index contributed by atoms with van der Waals surface area (Å²) < 4.78 is 5.19. The van der Waals surface area contributed by atoms with Crippen LogP contribution in [-0.2, 0) is 0 Å². The Morgan fingerprint density at radius 1 is 1.39 bits per heavy atom. The Balaban J connectivity index is 1.97. The van der Waals surface area contributed by atoms with Gasteiger partial charge in [0.2, 0.25) is 0 Å².